The molecule has 22 heavy (non-hydrogen) atoms. The maximum Gasteiger partial charge on any atom is 0.410 e. The van der Waals surface area contributed by atoms with E-state index >= 15 is 0 Å². The van der Waals surface area contributed by atoms with Crippen LogP contribution in [0.2, 0.25) is 0 Å². The van der Waals surface area contributed by atoms with E-state index in [-0.39, 0.29) is 6.09 Å². The Kier molecular flexibility index (Phi) is 4.99. The number of benzene rings is 1. The predicted octanol–water partition coefficient (Wildman–Crippen LogP) is 3.88. The molecule has 0 unspecified atom stereocenters. The molecule has 1 fully saturated rings. The second kappa shape index (κ2) is 6.59. The molecule has 1 aromatic rings. The molecule has 2 rings (SSSR count). The van der Waals surface area contributed by atoms with Gasteiger partial charge in [0.15, 0.2) is 0 Å². The van der Waals surface area contributed by atoms with Crippen LogP contribution in [0.4, 0.5) is 4.79 Å². The first-order valence-electron chi connectivity index (χ1n) is 7.87. The van der Waals surface area contributed by atoms with E-state index in [0.717, 1.165) is 25.0 Å². The van der Waals surface area contributed by atoms with E-state index in [1.54, 1.807) is 12.0 Å². The van der Waals surface area contributed by atoms with E-state index in [9.17, 15) is 4.79 Å². The van der Waals surface area contributed by atoms with Crippen LogP contribution in [0.5, 0.6) is 5.75 Å². The molecular weight excluding hydrogens is 278 g/mol. The largest absolute Gasteiger partial charge is 0.497 e. The van der Waals surface area contributed by atoms with Crippen LogP contribution in [0.3, 0.4) is 0 Å². The van der Waals surface area contributed by atoms with Crippen molar-refractivity contribution < 1.29 is 14.3 Å². The molecule has 0 heterocycles. The fourth-order valence-electron chi connectivity index (χ4n) is 2.76. The highest BCUT2D eigenvalue weighted by Gasteiger charge is 2.35. The summed E-state index contributed by atoms with van der Waals surface area (Å²) in [5, 5.41) is 0. The number of hydrogen-bond donors (Lipinski definition) is 0. The molecule has 1 aliphatic carbocycles. The Morgan fingerprint density at radius 2 is 1.82 bits per heavy atom. The van der Waals surface area contributed by atoms with E-state index < -0.39 is 5.60 Å². The molecule has 1 aliphatic rings. The molecule has 4 heteroatoms. The quantitative estimate of drug-likeness (QED) is 0.847. The summed E-state index contributed by atoms with van der Waals surface area (Å²) in [6.07, 6.45) is 2.92. The standard InChI is InChI=1S/C18H27NO3/c1-18(2,3)22-17(20)19(4)15-11-14(12-15)10-13-6-8-16(21-5)9-7-13/h6-9,14-15H,10-12H2,1-5H3. The van der Waals surface area contributed by atoms with Crippen molar-refractivity contribution in [3.63, 3.8) is 0 Å². The third-order valence-electron chi connectivity index (χ3n) is 4.12. The number of methoxy groups -OCH3 is 1. The van der Waals surface area contributed by atoms with E-state index in [1.165, 1.54) is 5.56 Å². The Labute approximate surface area is 133 Å². The van der Waals surface area contributed by atoms with Gasteiger partial charge < -0.3 is 14.4 Å². The minimum Gasteiger partial charge on any atom is -0.497 e. The molecule has 0 N–H and O–H groups in total. The number of ether oxygens (including phenoxy) is 2. The summed E-state index contributed by atoms with van der Waals surface area (Å²) in [7, 11) is 3.51. The van der Waals surface area contributed by atoms with Gasteiger partial charge in [-0.05, 0) is 63.6 Å². The molecule has 122 valence electrons. The molecule has 0 saturated heterocycles. The third-order valence-corrected chi connectivity index (χ3v) is 4.12. The Hall–Kier alpha value is -1.71. The van der Waals surface area contributed by atoms with Crippen molar-refractivity contribution in [1.29, 1.82) is 0 Å². The summed E-state index contributed by atoms with van der Waals surface area (Å²) in [5.74, 6) is 1.53. The number of nitrogens with zero attached hydrogens (tertiary/aromatic N) is 1. The fraction of sp³-hybridized carbons (Fsp3) is 0.611. The van der Waals surface area contributed by atoms with Gasteiger partial charge in [-0.15, -0.1) is 0 Å². The highest BCUT2D eigenvalue weighted by molar-refractivity contribution is 5.68. The monoisotopic (exact) mass is 305 g/mol. The Morgan fingerprint density at radius 1 is 1.23 bits per heavy atom. The molecule has 1 saturated carbocycles. The first-order valence-corrected chi connectivity index (χ1v) is 7.87. The molecular formula is C18H27NO3. The lowest BCUT2D eigenvalue weighted by Crippen LogP contribution is -2.47. The van der Waals surface area contributed by atoms with Crippen LogP contribution in [0.25, 0.3) is 0 Å². The maximum absolute atomic E-state index is 12.0. The Bertz CT molecular complexity index is 498. The van der Waals surface area contributed by atoms with Gasteiger partial charge in [0.25, 0.3) is 0 Å². The minimum absolute atomic E-state index is 0.222. The van der Waals surface area contributed by atoms with Crippen molar-refractivity contribution in [2.24, 2.45) is 5.92 Å². The summed E-state index contributed by atoms with van der Waals surface area (Å²) < 4.78 is 10.6. The van der Waals surface area contributed by atoms with Gasteiger partial charge in [-0.25, -0.2) is 4.79 Å². The van der Waals surface area contributed by atoms with E-state index in [2.05, 4.69) is 12.1 Å². The molecule has 4 nitrogen and oxygen atoms in total. The van der Waals surface area contributed by atoms with Crippen molar-refractivity contribution in [1.82, 2.24) is 4.90 Å². The number of carbonyl (C=O) groups is 1. The normalized spacial score (nSPS) is 21.0. The van der Waals surface area contributed by atoms with E-state index in [1.807, 2.05) is 40.0 Å². The van der Waals surface area contributed by atoms with Crippen molar-refractivity contribution in [3.8, 4) is 5.75 Å². The highest BCUT2D eigenvalue weighted by atomic mass is 16.6. The van der Waals surface area contributed by atoms with Crippen LogP contribution >= 0.6 is 0 Å². The molecule has 0 atom stereocenters. The number of carbonyl (C=O) groups excluding carboxylic acids is 1. The molecule has 0 bridgehead atoms. The lowest BCUT2D eigenvalue weighted by atomic mass is 9.76. The van der Waals surface area contributed by atoms with Crippen LogP contribution < -0.4 is 4.74 Å². The first kappa shape index (κ1) is 16.7. The van der Waals surface area contributed by atoms with Crippen molar-refractivity contribution in [3.05, 3.63) is 29.8 Å². The fourth-order valence-corrected chi connectivity index (χ4v) is 2.76. The lowest BCUT2D eigenvalue weighted by Gasteiger charge is -2.41. The second-order valence-electron chi connectivity index (χ2n) is 7.13. The number of rotatable bonds is 4. The van der Waals surface area contributed by atoms with E-state index in [4.69, 9.17) is 9.47 Å². The summed E-state index contributed by atoms with van der Waals surface area (Å²) in [5.41, 5.74) is 0.890. The summed E-state index contributed by atoms with van der Waals surface area (Å²) >= 11 is 0. The Balaban J connectivity index is 1.78. The summed E-state index contributed by atoms with van der Waals surface area (Å²) in [6.45, 7) is 5.68. The minimum atomic E-state index is -0.433. The summed E-state index contributed by atoms with van der Waals surface area (Å²) in [6, 6.07) is 8.53. The van der Waals surface area contributed by atoms with Crippen LogP contribution in [0.1, 0.15) is 39.2 Å². The van der Waals surface area contributed by atoms with Crippen molar-refractivity contribution in [2.45, 2.75) is 51.7 Å². The van der Waals surface area contributed by atoms with Crippen LogP contribution in [-0.2, 0) is 11.2 Å². The van der Waals surface area contributed by atoms with E-state index in [0.29, 0.717) is 12.0 Å². The SMILES string of the molecule is COc1ccc(CC2CC(N(C)C(=O)OC(C)(C)C)C2)cc1. The predicted molar refractivity (Wildman–Crippen MR) is 87.2 cm³/mol. The topological polar surface area (TPSA) is 38.8 Å². The van der Waals surface area contributed by atoms with Crippen molar-refractivity contribution >= 4 is 6.09 Å². The zero-order valence-corrected chi connectivity index (χ0v) is 14.3. The van der Waals surface area contributed by atoms with Gasteiger partial charge in [-0.2, -0.15) is 0 Å². The second-order valence-corrected chi connectivity index (χ2v) is 7.13. The molecule has 1 amide bonds. The van der Waals surface area contributed by atoms with Gasteiger partial charge in [0.2, 0.25) is 0 Å². The molecule has 1 aromatic carbocycles. The Morgan fingerprint density at radius 3 is 2.32 bits per heavy atom. The van der Waals surface area contributed by atoms with Gasteiger partial charge in [0.1, 0.15) is 11.4 Å². The molecule has 0 spiro atoms. The summed E-state index contributed by atoms with van der Waals surface area (Å²) in [4.78, 5) is 13.8. The highest BCUT2D eigenvalue weighted by Crippen LogP contribution is 2.34. The van der Waals surface area contributed by atoms with Crippen molar-refractivity contribution in [2.75, 3.05) is 14.2 Å². The van der Waals surface area contributed by atoms with Gasteiger partial charge >= 0.3 is 6.09 Å². The van der Waals surface area contributed by atoms with Crippen LogP contribution in [0.15, 0.2) is 24.3 Å². The maximum atomic E-state index is 12.0. The zero-order valence-electron chi connectivity index (χ0n) is 14.3. The first-order chi connectivity index (χ1) is 10.3. The van der Waals surface area contributed by atoms with Gasteiger partial charge in [0, 0.05) is 13.1 Å². The average molecular weight is 305 g/mol. The van der Waals surface area contributed by atoms with Gasteiger partial charge in [0.05, 0.1) is 7.11 Å². The molecule has 0 aliphatic heterocycles. The smallest absolute Gasteiger partial charge is 0.410 e. The van der Waals surface area contributed by atoms with Crippen LogP contribution in [0, 0.1) is 5.92 Å². The molecule has 0 aromatic heterocycles. The average Bonchev–Trinajstić information content (AvgIpc) is 2.40. The van der Waals surface area contributed by atoms with Crippen LogP contribution in [-0.4, -0.2) is 36.8 Å². The zero-order chi connectivity index (χ0) is 16.3. The molecule has 0 radical (unpaired) electrons. The number of amides is 1. The third kappa shape index (κ3) is 4.39. The van der Waals surface area contributed by atoms with Gasteiger partial charge in [-0.3, -0.25) is 0 Å². The number of hydrogen-bond acceptors (Lipinski definition) is 3. The van der Waals surface area contributed by atoms with Gasteiger partial charge in [-0.1, -0.05) is 12.1 Å². The lowest BCUT2D eigenvalue weighted by molar-refractivity contribution is 0.00666.